The average molecular weight is 368 g/mol. The number of phenols is 1. The number of sulfonamides is 1. The number of benzene rings is 1. The molecule has 21 heavy (non-hydrogen) atoms. The summed E-state index contributed by atoms with van der Waals surface area (Å²) < 4.78 is 26.6. The summed E-state index contributed by atoms with van der Waals surface area (Å²) in [6, 6.07) is 4.48. The van der Waals surface area contributed by atoms with Gasteiger partial charge in [0.25, 0.3) is 10.0 Å². The van der Waals surface area contributed by atoms with E-state index in [4.69, 9.17) is 28.3 Å². The summed E-state index contributed by atoms with van der Waals surface area (Å²) >= 11 is 12.4. The summed E-state index contributed by atoms with van der Waals surface area (Å²) in [5, 5.41) is 18.3. The van der Waals surface area contributed by atoms with Crippen LogP contribution in [0.25, 0.3) is 0 Å². The van der Waals surface area contributed by atoms with E-state index < -0.39 is 21.7 Å². The number of halogens is 2. The number of anilines is 1. The predicted molar refractivity (Wildman–Crippen MR) is 80.2 cm³/mol. The second-order valence-corrected chi connectivity index (χ2v) is 7.77. The van der Waals surface area contributed by atoms with Gasteiger partial charge in [0.1, 0.15) is 20.5 Å². The van der Waals surface area contributed by atoms with Crippen LogP contribution in [0.15, 0.2) is 29.2 Å². The van der Waals surface area contributed by atoms with Crippen molar-refractivity contribution in [1.29, 1.82) is 0 Å². The maximum absolute atomic E-state index is 12.1. The number of aromatic hydroxyl groups is 1. The van der Waals surface area contributed by atoms with Gasteiger partial charge in [0.05, 0.1) is 10.0 Å². The summed E-state index contributed by atoms with van der Waals surface area (Å²) in [5.41, 5.74) is -0.342. The molecule has 0 aliphatic heterocycles. The predicted octanol–water partition coefficient (Wildman–Crippen LogP) is 3.26. The van der Waals surface area contributed by atoms with Crippen LogP contribution in [0.4, 0.5) is 5.69 Å². The van der Waals surface area contributed by atoms with E-state index in [1.807, 2.05) is 0 Å². The Hall–Kier alpha value is -1.48. The van der Waals surface area contributed by atoms with E-state index in [1.165, 1.54) is 12.1 Å². The van der Waals surface area contributed by atoms with E-state index in [0.29, 0.717) is 0 Å². The van der Waals surface area contributed by atoms with Crippen LogP contribution in [-0.4, -0.2) is 24.6 Å². The highest BCUT2D eigenvalue weighted by molar-refractivity contribution is 7.93. The molecule has 0 bridgehead atoms. The van der Waals surface area contributed by atoms with Crippen LogP contribution in [0.5, 0.6) is 5.75 Å². The summed E-state index contributed by atoms with van der Waals surface area (Å²) in [6.45, 7) is 0. The summed E-state index contributed by atoms with van der Waals surface area (Å²) in [7, 11) is -3.99. The van der Waals surface area contributed by atoms with Crippen molar-refractivity contribution in [3.8, 4) is 5.75 Å². The minimum Gasteiger partial charge on any atom is -0.507 e. The summed E-state index contributed by atoms with van der Waals surface area (Å²) in [4.78, 5) is 10.6. The van der Waals surface area contributed by atoms with Crippen LogP contribution < -0.4 is 4.72 Å². The standard InChI is InChI=1S/C11H7Cl2NO5S2/c12-9-4-8(10(13)20-9)21(18,19)14-5-1-2-6(11(16)17)7(15)3-5/h1-4,14-15H,(H,16,17). The van der Waals surface area contributed by atoms with Crippen LogP contribution in [0.2, 0.25) is 8.67 Å². The van der Waals surface area contributed by atoms with Gasteiger partial charge in [0.2, 0.25) is 0 Å². The second-order valence-electron chi connectivity index (χ2n) is 3.83. The number of carbonyl (C=O) groups is 1. The molecular weight excluding hydrogens is 361 g/mol. The van der Waals surface area contributed by atoms with Crippen molar-refractivity contribution in [1.82, 2.24) is 0 Å². The fourth-order valence-electron chi connectivity index (χ4n) is 1.49. The van der Waals surface area contributed by atoms with E-state index in [1.54, 1.807) is 0 Å². The minimum absolute atomic E-state index is 0.00104. The number of carboxylic acids is 1. The Morgan fingerprint density at radius 3 is 2.38 bits per heavy atom. The summed E-state index contributed by atoms with van der Waals surface area (Å²) in [6.07, 6.45) is 0. The fourth-order valence-corrected chi connectivity index (χ4v) is 4.69. The molecule has 3 N–H and O–H groups in total. The third-order valence-corrected chi connectivity index (χ3v) is 5.53. The third-order valence-electron chi connectivity index (χ3n) is 2.40. The molecule has 2 rings (SSSR count). The Morgan fingerprint density at radius 1 is 1.24 bits per heavy atom. The number of hydrogen-bond acceptors (Lipinski definition) is 5. The van der Waals surface area contributed by atoms with E-state index in [2.05, 4.69) is 4.72 Å². The van der Waals surface area contributed by atoms with Crippen LogP contribution in [0.1, 0.15) is 10.4 Å². The molecule has 1 heterocycles. The lowest BCUT2D eigenvalue weighted by atomic mass is 10.2. The van der Waals surface area contributed by atoms with Crippen molar-refractivity contribution in [2.45, 2.75) is 4.90 Å². The maximum atomic E-state index is 12.1. The van der Waals surface area contributed by atoms with Crippen molar-refractivity contribution >= 4 is 56.2 Å². The quantitative estimate of drug-likeness (QED) is 0.769. The van der Waals surface area contributed by atoms with E-state index in [9.17, 15) is 18.3 Å². The van der Waals surface area contributed by atoms with Gasteiger partial charge < -0.3 is 10.2 Å². The van der Waals surface area contributed by atoms with Gasteiger partial charge in [-0.3, -0.25) is 4.72 Å². The molecule has 0 radical (unpaired) electrons. The molecule has 0 fully saturated rings. The third kappa shape index (κ3) is 3.41. The molecular formula is C11H7Cl2NO5S2. The van der Waals surface area contributed by atoms with Gasteiger partial charge >= 0.3 is 5.97 Å². The molecule has 0 spiro atoms. The Labute approximate surface area is 133 Å². The molecule has 0 saturated carbocycles. The van der Waals surface area contributed by atoms with Crippen molar-refractivity contribution < 1.29 is 23.4 Å². The topological polar surface area (TPSA) is 104 Å². The van der Waals surface area contributed by atoms with E-state index in [0.717, 1.165) is 23.5 Å². The van der Waals surface area contributed by atoms with Gasteiger partial charge in [-0.25, -0.2) is 13.2 Å². The molecule has 2 aromatic rings. The lowest BCUT2D eigenvalue weighted by molar-refractivity contribution is 0.0694. The molecule has 112 valence electrons. The van der Waals surface area contributed by atoms with Gasteiger partial charge in [0.15, 0.2) is 0 Å². The molecule has 10 heteroatoms. The summed E-state index contributed by atoms with van der Waals surface area (Å²) in [5.74, 6) is -1.88. The molecule has 6 nitrogen and oxygen atoms in total. The second kappa shape index (κ2) is 5.72. The zero-order valence-electron chi connectivity index (χ0n) is 10.0. The number of hydrogen-bond donors (Lipinski definition) is 3. The highest BCUT2D eigenvalue weighted by atomic mass is 35.5. The molecule has 1 aromatic carbocycles. The zero-order valence-corrected chi connectivity index (χ0v) is 13.1. The van der Waals surface area contributed by atoms with Gasteiger partial charge in [-0.15, -0.1) is 11.3 Å². The van der Waals surface area contributed by atoms with E-state index in [-0.39, 0.29) is 24.8 Å². The number of nitrogens with one attached hydrogen (secondary N) is 1. The van der Waals surface area contributed by atoms with Crippen molar-refractivity contribution in [2.75, 3.05) is 4.72 Å². The number of thiophene rings is 1. The van der Waals surface area contributed by atoms with E-state index >= 15 is 0 Å². The van der Waals surface area contributed by atoms with Crippen LogP contribution in [0.3, 0.4) is 0 Å². The van der Waals surface area contributed by atoms with Gasteiger partial charge in [-0.1, -0.05) is 23.2 Å². The molecule has 0 unspecified atom stereocenters. The molecule has 0 amide bonds. The zero-order chi connectivity index (χ0) is 15.8. The normalized spacial score (nSPS) is 11.3. The van der Waals surface area contributed by atoms with Crippen LogP contribution >= 0.6 is 34.5 Å². The minimum atomic E-state index is -3.99. The molecule has 0 aliphatic rings. The van der Waals surface area contributed by atoms with Crippen molar-refractivity contribution in [3.05, 3.63) is 38.5 Å². The number of rotatable bonds is 4. The molecule has 1 aromatic heterocycles. The van der Waals surface area contributed by atoms with Gasteiger partial charge in [-0.2, -0.15) is 0 Å². The lowest BCUT2D eigenvalue weighted by Gasteiger charge is -2.08. The van der Waals surface area contributed by atoms with Crippen molar-refractivity contribution in [3.63, 3.8) is 0 Å². The fraction of sp³-hybridized carbons (Fsp3) is 0. The highest BCUT2D eigenvalue weighted by Crippen LogP contribution is 2.35. The maximum Gasteiger partial charge on any atom is 0.339 e. The smallest absolute Gasteiger partial charge is 0.339 e. The first-order chi connectivity index (χ1) is 9.70. The largest absolute Gasteiger partial charge is 0.507 e. The van der Waals surface area contributed by atoms with Gasteiger partial charge in [0, 0.05) is 6.07 Å². The Bertz CT molecular complexity index is 816. The molecule has 0 aliphatic carbocycles. The van der Waals surface area contributed by atoms with Crippen LogP contribution in [0, 0.1) is 0 Å². The monoisotopic (exact) mass is 367 g/mol. The number of carboxylic acid groups (broad SMARTS) is 1. The Balaban J connectivity index is 2.35. The average Bonchev–Trinajstić information content (AvgIpc) is 2.68. The number of aromatic carboxylic acids is 1. The van der Waals surface area contributed by atoms with Gasteiger partial charge in [-0.05, 0) is 18.2 Å². The van der Waals surface area contributed by atoms with Crippen molar-refractivity contribution in [2.24, 2.45) is 0 Å². The molecule has 0 atom stereocenters. The highest BCUT2D eigenvalue weighted by Gasteiger charge is 2.21. The first kappa shape index (κ1) is 15.9. The Morgan fingerprint density at radius 2 is 1.90 bits per heavy atom. The first-order valence-electron chi connectivity index (χ1n) is 5.24. The van der Waals surface area contributed by atoms with Crippen LogP contribution in [-0.2, 0) is 10.0 Å². The lowest BCUT2D eigenvalue weighted by Crippen LogP contribution is -2.12. The molecule has 0 saturated heterocycles. The SMILES string of the molecule is O=C(O)c1ccc(NS(=O)(=O)c2cc(Cl)sc2Cl)cc1O. The Kier molecular flexibility index (Phi) is 4.33. The first-order valence-corrected chi connectivity index (χ1v) is 8.30.